The van der Waals surface area contributed by atoms with Gasteiger partial charge in [-0.3, -0.25) is 9.88 Å². The molecule has 3 nitrogen and oxygen atoms in total. The number of aliphatic hydroxyl groups is 1. The monoisotopic (exact) mass is 352 g/mol. The first-order valence-corrected chi connectivity index (χ1v) is 9.12. The maximum atomic E-state index is 10.9. The first kappa shape index (κ1) is 16.5. The maximum absolute atomic E-state index is 10.9. The van der Waals surface area contributed by atoms with Gasteiger partial charge in [0.2, 0.25) is 0 Å². The number of pyridine rings is 1. The van der Waals surface area contributed by atoms with E-state index in [4.69, 9.17) is 11.6 Å². The van der Waals surface area contributed by atoms with Crippen molar-refractivity contribution in [3.05, 3.63) is 76.4 Å². The molecule has 128 valence electrons. The third-order valence-corrected chi connectivity index (χ3v) is 5.17. The summed E-state index contributed by atoms with van der Waals surface area (Å²) in [4.78, 5) is 6.83. The van der Waals surface area contributed by atoms with Crippen LogP contribution in [0.15, 0.2) is 54.7 Å². The smallest absolute Gasteiger partial charge is 0.105 e. The number of likely N-dealkylation sites (tertiary alicyclic amines) is 1. The van der Waals surface area contributed by atoms with E-state index in [9.17, 15) is 5.11 Å². The van der Waals surface area contributed by atoms with Gasteiger partial charge in [-0.2, -0.15) is 0 Å². The van der Waals surface area contributed by atoms with Crippen molar-refractivity contribution in [2.75, 3.05) is 13.1 Å². The van der Waals surface area contributed by atoms with Gasteiger partial charge in [0.25, 0.3) is 0 Å². The number of nitrogens with zero attached hydrogens (tertiary/aromatic N) is 2. The van der Waals surface area contributed by atoms with Crippen molar-refractivity contribution in [1.29, 1.82) is 0 Å². The number of aliphatic hydroxyl groups excluding tert-OH is 1. The SMILES string of the molecule is OC(c1ccc(CN2CCCC2)cc1)c1ccnc2cc(Cl)ccc12. The van der Waals surface area contributed by atoms with Crippen LogP contribution in [0.4, 0.5) is 0 Å². The molecule has 0 saturated carbocycles. The average Bonchev–Trinajstić information content (AvgIpc) is 3.14. The van der Waals surface area contributed by atoms with E-state index in [-0.39, 0.29) is 0 Å². The Morgan fingerprint density at radius 2 is 1.80 bits per heavy atom. The lowest BCUT2D eigenvalue weighted by atomic mass is 9.97. The van der Waals surface area contributed by atoms with Crippen molar-refractivity contribution in [3.8, 4) is 0 Å². The molecule has 1 saturated heterocycles. The molecule has 1 aliphatic heterocycles. The van der Waals surface area contributed by atoms with Gasteiger partial charge < -0.3 is 5.11 Å². The molecule has 1 fully saturated rings. The van der Waals surface area contributed by atoms with E-state index >= 15 is 0 Å². The molecule has 1 unspecified atom stereocenters. The van der Waals surface area contributed by atoms with Crippen LogP contribution in [0.1, 0.15) is 35.6 Å². The molecule has 4 rings (SSSR count). The van der Waals surface area contributed by atoms with Gasteiger partial charge in [-0.05, 0) is 60.8 Å². The van der Waals surface area contributed by atoms with Crippen molar-refractivity contribution in [1.82, 2.24) is 9.88 Å². The highest BCUT2D eigenvalue weighted by Gasteiger charge is 2.15. The number of hydrogen-bond acceptors (Lipinski definition) is 3. The minimum atomic E-state index is -0.674. The molecule has 1 atom stereocenters. The third kappa shape index (κ3) is 3.54. The summed E-state index contributed by atoms with van der Waals surface area (Å²) in [5.74, 6) is 0. The summed E-state index contributed by atoms with van der Waals surface area (Å²) in [6.45, 7) is 3.37. The zero-order valence-electron chi connectivity index (χ0n) is 14.0. The van der Waals surface area contributed by atoms with Gasteiger partial charge in [-0.1, -0.05) is 41.9 Å². The van der Waals surface area contributed by atoms with Crippen LogP contribution in [0, 0.1) is 0 Å². The van der Waals surface area contributed by atoms with E-state index in [2.05, 4.69) is 22.0 Å². The predicted molar refractivity (Wildman–Crippen MR) is 102 cm³/mol. The van der Waals surface area contributed by atoms with E-state index in [1.54, 1.807) is 6.20 Å². The van der Waals surface area contributed by atoms with Crippen LogP contribution in [0.3, 0.4) is 0 Å². The first-order valence-electron chi connectivity index (χ1n) is 8.74. The summed E-state index contributed by atoms with van der Waals surface area (Å²) in [7, 11) is 0. The predicted octanol–water partition coefficient (Wildman–Crippen LogP) is 4.57. The molecule has 1 aliphatic rings. The Bertz CT molecular complexity index is 873. The van der Waals surface area contributed by atoms with E-state index in [1.165, 1.54) is 31.5 Å². The van der Waals surface area contributed by atoms with Crippen LogP contribution in [0.2, 0.25) is 5.02 Å². The lowest BCUT2D eigenvalue weighted by molar-refractivity contribution is 0.221. The second-order valence-corrected chi connectivity index (χ2v) is 7.13. The molecule has 0 amide bonds. The molecule has 0 aliphatic carbocycles. The van der Waals surface area contributed by atoms with Crippen LogP contribution < -0.4 is 0 Å². The number of halogens is 1. The number of benzene rings is 2. The third-order valence-electron chi connectivity index (χ3n) is 4.93. The summed E-state index contributed by atoms with van der Waals surface area (Å²) >= 11 is 6.05. The second-order valence-electron chi connectivity index (χ2n) is 6.69. The molecular weight excluding hydrogens is 332 g/mol. The summed E-state index contributed by atoms with van der Waals surface area (Å²) in [6.07, 6.45) is 3.65. The fourth-order valence-corrected chi connectivity index (χ4v) is 3.73. The summed E-state index contributed by atoms with van der Waals surface area (Å²) in [5, 5.41) is 12.4. The van der Waals surface area contributed by atoms with Crippen molar-refractivity contribution < 1.29 is 5.11 Å². The molecule has 1 aromatic heterocycles. The highest BCUT2D eigenvalue weighted by Crippen LogP contribution is 2.29. The van der Waals surface area contributed by atoms with E-state index in [0.29, 0.717) is 5.02 Å². The fraction of sp³-hybridized carbons (Fsp3) is 0.286. The number of hydrogen-bond donors (Lipinski definition) is 1. The number of aromatic nitrogens is 1. The highest BCUT2D eigenvalue weighted by atomic mass is 35.5. The minimum absolute atomic E-state index is 0.651. The Balaban J connectivity index is 1.59. The van der Waals surface area contributed by atoms with Crippen molar-refractivity contribution >= 4 is 22.5 Å². The first-order chi connectivity index (χ1) is 12.2. The summed E-state index contributed by atoms with van der Waals surface area (Å²) < 4.78 is 0. The number of rotatable bonds is 4. The Morgan fingerprint density at radius 3 is 2.56 bits per heavy atom. The molecule has 2 heterocycles. The Labute approximate surface area is 152 Å². The lowest BCUT2D eigenvalue weighted by Gasteiger charge is -2.17. The van der Waals surface area contributed by atoms with Crippen LogP contribution in [0.5, 0.6) is 0 Å². The van der Waals surface area contributed by atoms with Gasteiger partial charge in [0.15, 0.2) is 0 Å². The average molecular weight is 353 g/mol. The van der Waals surface area contributed by atoms with E-state index < -0.39 is 6.10 Å². The molecule has 0 spiro atoms. The van der Waals surface area contributed by atoms with Crippen LogP contribution in [-0.4, -0.2) is 28.1 Å². The Hall–Kier alpha value is -1.94. The molecule has 3 aromatic rings. The topological polar surface area (TPSA) is 36.4 Å². The van der Waals surface area contributed by atoms with Gasteiger partial charge in [-0.25, -0.2) is 0 Å². The molecule has 0 bridgehead atoms. The van der Waals surface area contributed by atoms with Crippen LogP contribution in [-0.2, 0) is 6.54 Å². The molecule has 25 heavy (non-hydrogen) atoms. The van der Waals surface area contributed by atoms with Crippen LogP contribution in [0.25, 0.3) is 10.9 Å². The van der Waals surface area contributed by atoms with Crippen molar-refractivity contribution in [3.63, 3.8) is 0 Å². The Kier molecular flexibility index (Phi) is 4.71. The van der Waals surface area contributed by atoms with Gasteiger partial charge in [0.1, 0.15) is 6.10 Å². The van der Waals surface area contributed by atoms with Gasteiger partial charge in [-0.15, -0.1) is 0 Å². The normalized spacial score (nSPS) is 16.4. The second kappa shape index (κ2) is 7.12. The summed E-state index contributed by atoms with van der Waals surface area (Å²) in [5.41, 5.74) is 3.85. The molecular formula is C21H21ClN2O. The van der Waals surface area contributed by atoms with Gasteiger partial charge in [0, 0.05) is 23.2 Å². The zero-order valence-corrected chi connectivity index (χ0v) is 14.8. The van der Waals surface area contributed by atoms with E-state index in [0.717, 1.165) is 28.6 Å². The van der Waals surface area contributed by atoms with Crippen molar-refractivity contribution in [2.45, 2.75) is 25.5 Å². The van der Waals surface area contributed by atoms with Gasteiger partial charge >= 0.3 is 0 Å². The van der Waals surface area contributed by atoms with Gasteiger partial charge in [0.05, 0.1) is 5.52 Å². The number of fused-ring (bicyclic) bond motifs is 1. The molecule has 0 radical (unpaired) electrons. The highest BCUT2D eigenvalue weighted by molar-refractivity contribution is 6.31. The Morgan fingerprint density at radius 1 is 1.04 bits per heavy atom. The molecule has 1 N–H and O–H groups in total. The standard InChI is InChI=1S/C21H21ClN2O/c22-17-7-8-18-19(9-10-23-20(18)13-17)21(25)16-5-3-15(4-6-16)14-24-11-1-2-12-24/h3-10,13,21,25H,1-2,11-12,14H2. The van der Waals surface area contributed by atoms with Crippen molar-refractivity contribution in [2.24, 2.45) is 0 Å². The molecule has 4 heteroatoms. The quantitative estimate of drug-likeness (QED) is 0.747. The largest absolute Gasteiger partial charge is 0.384 e. The zero-order chi connectivity index (χ0) is 17.2. The fourth-order valence-electron chi connectivity index (χ4n) is 3.57. The van der Waals surface area contributed by atoms with E-state index in [1.807, 2.05) is 36.4 Å². The van der Waals surface area contributed by atoms with Crippen LogP contribution >= 0.6 is 11.6 Å². The maximum Gasteiger partial charge on any atom is 0.105 e. The minimum Gasteiger partial charge on any atom is -0.384 e. The molecule has 2 aromatic carbocycles. The summed E-state index contributed by atoms with van der Waals surface area (Å²) in [6, 6.07) is 15.8. The lowest BCUT2D eigenvalue weighted by Crippen LogP contribution is -2.18.